The van der Waals surface area contributed by atoms with E-state index in [1.807, 2.05) is 38.1 Å². The lowest BCUT2D eigenvalue weighted by molar-refractivity contribution is -0.147. The zero-order chi connectivity index (χ0) is 25.2. The highest BCUT2D eigenvalue weighted by molar-refractivity contribution is 6.32. The first-order valence-corrected chi connectivity index (χ1v) is 11.5. The minimum Gasteiger partial charge on any atom is -0.456 e. The molecule has 0 unspecified atom stereocenters. The summed E-state index contributed by atoms with van der Waals surface area (Å²) in [6.45, 7) is 3.49. The molecule has 35 heavy (non-hydrogen) atoms. The second-order valence-corrected chi connectivity index (χ2v) is 8.32. The molecule has 0 aliphatic rings. The SMILES string of the molecule is Cc1cccc(NC(=O)COC(=O)CCCC(=O)Nc2ccc(Oc3ccccc3Cl)cc2)c1C. The van der Waals surface area contributed by atoms with Gasteiger partial charge in [0.25, 0.3) is 5.91 Å². The standard InChI is InChI=1S/C27H27ClN2O5/c1-18-7-5-9-23(19(18)2)30-26(32)17-34-27(33)12-6-11-25(31)29-20-13-15-21(16-14-20)35-24-10-4-3-8-22(24)28/h3-5,7-10,13-16H,6,11-12,17H2,1-2H3,(H,29,31)(H,30,32). The number of benzene rings is 3. The average Bonchev–Trinajstić information content (AvgIpc) is 2.83. The van der Waals surface area contributed by atoms with Crippen molar-refractivity contribution in [3.63, 3.8) is 0 Å². The Morgan fingerprint density at radius 1 is 0.829 bits per heavy atom. The maximum Gasteiger partial charge on any atom is 0.306 e. The van der Waals surface area contributed by atoms with E-state index in [0.717, 1.165) is 11.1 Å². The van der Waals surface area contributed by atoms with Crippen LogP contribution in [-0.2, 0) is 19.1 Å². The Balaban J connectivity index is 1.34. The normalized spacial score (nSPS) is 10.4. The lowest BCUT2D eigenvalue weighted by Crippen LogP contribution is -2.21. The number of ether oxygens (including phenoxy) is 2. The highest BCUT2D eigenvalue weighted by Crippen LogP contribution is 2.29. The maximum absolute atomic E-state index is 12.2. The molecule has 2 amide bonds. The van der Waals surface area contributed by atoms with Gasteiger partial charge >= 0.3 is 5.97 Å². The summed E-state index contributed by atoms with van der Waals surface area (Å²) in [5.41, 5.74) is 3.30. The van der Waals surface area contributed by atoms with Gasteiger partial charge in [0.1, 0.15) is 11.5 Å². The average molecular weight is 495 g/mol. The number of nitrogens with one attached hydrogen (secondary N) is 2. The van der Waals surface area contributed by atoms with Crippen molar-refractivity contribution in [2.24, 2.45) is 0 Å². The van der Waals surface area contributed by atoms with E-state index < -0.39 is 11.9 Å². The van der Waals surface area contributed by atoms with E-state index in [0.29, 0.717) is 34.3 Å². The Morgan fingerprint density at radius 2 is 1.57 bits per heavy atom. The van der Waals surface area contributed by atoms with Crippen LogP contribution in [0.25, 0.3) is 0 Å². The summed E-state index contributed by atoms with van der Waals surface area (Å²) in [6, 6.07) is 19.6. The third kappa shape index (κ3) is 8.15. The number of anilines is 2. The molecular formula is C27H27ClN2O5. The smallest absolute Gasteiger partial charge is 0.306 e. The van der Waals surface area contributed by atoms with Crippen molar-refractivity contribution in [3.05, 3.63) is 82.9 Å². The number of rotatable bonds is 10. The number of aryl methyl sites for hydroxylation is 1. The lowest BCUT2D eigenvalue weighted by Gasteiger charge is -2.11. The van der Waals surface area contributed by atoms with E-state index >= 15 is 0 Å². The second kappa shape index (κ2) is 12.6. The van der Waals surface area contributed by atoms with Crippen molar-refractivity contribution in [3.8, 4) is 11.5 Å². The molecule has 0 aliphatic carbocycles. The van der Waals surface area contributed by atoms with E-state index in [-0.39, 0.29) is 25.4 Å². The van der Waals surface area contributed by atoms with E-state index in [2.05, 4.69) is 10.6 Å². The second-order valence-electron chi connectivity index (χ2n) is 7.91. The predicted molar refractivity (Wildman–Crippen MR) is 136 cm³/mol. The van der Waals surface area contributed by atoms with Crippen LogP contribution in [0, 0.1) is 13.8 Å². The molecule has 0 radical (unpaired) electrons. The van der Waals surface area contributed by atoms with E-state index in [1.165, 1.54) is 0 Å². The predicted octanol–water partition coefficient (Wildman–Crippen LogP) is 6.04. The summed E-state index contributed by atoms with van der Waals surface area (Å²) in [7, 11) is 0. The Morgan fingerprint density at radius 3 is 2.31 bits per heavy atom. The van der Waals surface area contributed by atoms with Crippen molar-refractivity contribution in [1.82, 2.24) is 0 Å². The Bertz CT molecular complexity index is 1190. The fourth-order valence-electron chi connectivity index (χ4n) is 3.17. The molecule has 0 atom stereocenters. The number of para-hydroxylation sites is 1. The fourth-order valence-corrected chi connectivity index (χ4v) is 3.34. The fraction of sp³-hybridized carbons (Fsp3) is 0.222. The molecule has 0 saturated heterocycles. The van der Waals surface area contributed by atoms with Gasteiger partial charge in [-0.25, -0.2) is 0 Å². The molecule has 7 nitrogen and oxygen atoms in total. The summed E-state index contributed by atoms with van der Waals surface area (Å²) >= 11 is 6.09. The summed E-state index contributed by atoms with van der Waals surface area (Å²) < 4.78 is 10.7. The first kappa shape index (κ1) is 25.8. The first-order chi connectivity index (χ1) is 16.8. The Hall–Kier alpha value is -3.84. The van der Waals surface area contributed by atoms with Crippen LogP contribution in [-0.4, -0.2) is 24.4 Å². The van der Waals surface area contributed by atoms with Crippen LogP contribution in [0.15, 0.2) is 66.7 Å². The molecule has 0 aliphatic heterocycles. The molecule has 0 fully saturated rings. The van der Waals surface area contributed by atoms with Crippen LogP contribution in [0.1, 0.15) is 30.4 Å². The van der Waals surface area contributed by atoms with Gasteiger partial charge in [-0.05, 0) is 73.9 Å². The number of halogens is 1. The van der Waals surface area contributed by atoms with Gasteiger partial charge in [-0.15, -0.1) is 0 Å². The maximum atomic E-state index is 12.2. The zero-order valence-electron chi connectivity index (χ0n) is 19.6. The number of hydrogen-bond acceptors (Lipinski definition) is 5. The van der Waals surface area contributed by atoms with Crippen LogP contribution in [0.4, 0.5) is 11.4 Å². The lowest BCUT2D eigenvalue weighted by atomic mass is 10.1. The van der Waals surface area contributed by atoms with Gasteiger partial charge in [0.15, 0.2) is 6.61 Å². The number of hydrogen-bond donors (Lipinski definition) is 2. The zero-order valence-corrected chi connectivity index (χ0v) is 20.4. The molecule has 3 rings (SSSR count). The molecule has 0 aromatic heterocycles. The number of amides is 2. The molecule has 2 N–H and O–H groups in total. The van der Waals surface area contributed by atoms with Gasteiger partial charge < -0.3 is 20.1 Å². The van der Waals surface area contributed by atoms with Crippen molar-refractivity contribution in [1.29, 1.82) is 0 Å². The van der Waals surface area contributed by atoms with Crippen molar-refractivity contribution >= 4 is 40.8 Å². The molecule has 8 heteroatoms. The highest BCUT2D eigenvalue weighted by Gasteiger charge is 2.11. The van der Waals surface area contributed by atoms with Gasteiger partial charge in [-0.1, -0.05) is 35.9 Å². The first-order valence-electron chi connectivity index (χ1n) is 11.2. The highest BCUT2D eigenvalue weighted by atomic mass is 35.5. The minimum atomic E-state index is -0.532. The van der Waals surface area contributed by atoms with Crippen molar-refractivity contribution in [2.75, 3.05) is 17.2 Å². The van der Waals surface area contributed by atoms with E-state index in [9.17, 15) is 14.4 Å². The van der Waals surface area contributed by atoms with Gasteiger partial charge in [-0.3, -0.25) is 14.4 Å². The molecule has 0 heterocycles. The van der Waals surface area contributed by atoms with Crippen molar-refractivity contribution < 1.29 is 23.9 Å². The summed E-state index contributed by atoms with van der Waals surface area (Å²) in [5, 5.41) is 6.01. The van der Waals surface area contributed by atoms with Crippen LogP contribution in [0.5, 0.6) is 11.5 Å². The summed E-state index contributed by atoms with van der Waals surface area (Å²) in [5.74, 6) is -0.0481. The molecule has 0 saturated carbocycles. The van der Waals surface area contributed by atoms with Crippen LogP contribution in [0.3, 0.4) is 0 Å². The van der Waals surface area contributed by atoms with Crippen molar-refractivity contribution in [2.45, 2.75) is 33.1 Å². The summed E-state index contributed by atoms with van der Waals surface area (Å²) in [4.78, 5) is 36.1. The quantitative estimate of drug-likeness (QED) is 0.335. The number of esters is 1. The van der Waals surface area contributed by atoms with Crippen LogP contribution >= 0.6 is 11.6 Å². The molecule has 0 bridgehead atoms. The molecule has 182 valence electrons. The largest absolute Gasteiger partial charge is 0.456 e. The topological polar surface area (TPSA) is 93.7 Å². The molecule has 0 spiro atoms. The van der Waals surface area contributed by atoms with Gasteiger partial charge in [0.05, 0.1) is 5.02 Å². The van der Waals surface area contributed by atoms with Gasteiger partial charge in [0.2, 0.25) is 5.91 Å². The molecular weight excluding hydrogens is 468 g/mol. The van der Waals surface area contributed by atoms with Gasteiger partial charge in [0, 0.05) is 24.2 Å². The Kier molecular flexibility index (Phi) is 9.26. The van der Waals surface area contributed by atoms with E-state index in [1.54, 1.807) is 42.5 Å². The monoisotopic (exact) mass is 494 g/mol. The third-order valence-electron chi connectivity index (χ3n) is 5.23. The molecule has 3 aromatic rings. The Labute approximate surface area is 209 Å². The summed E-state index contributed by atoms with van der Waals surface area (Å²) in [6.07, 6.45) is 0.480. The number of carbonyl (C=O) groups is 3. The van der Waals surface area contributed by atoms with Gasteiger partial charge in [-0.2, -0.15) is 0 Å². The van der Waals surface area contributed by atoms with E-state index in [4.69, 9.17) is 21.1 Å². The minimum absolute atomic E-state index is 0.0365. The van der Waals surface area contributed by atoms with Crippen LogP contribution in [0.2, 0.25) is 5.02 Å². The molecule has 3 aromatic carbocycles. The number of carbonyl (C=O) groups excluding carboxylic acids is 3. The van der Waals surface area contributed by atoms with Crippen LogP contribution < -0.4 is 15.4 Å². The third-order valence-corrected chi connectivity index (χ3v) is 5.54.